The fourth-order valence-corrected chi connectivity index (χ4v) is 1.68. The molecule has 0 unspecified atom stereocenters. The topological polar surface area (TPSA) is 65.0 Å². The highest BCUT2D eigenvalue weighted by Crippen LogP contribution is 2.15. The van der Waals surface area contributed by atoms with Crippen LogP contribution in [0.5, 0.6) is 0 Å². The van der Waals surface area contributed by atoms with Crippen LogP contribution in [0.3, 0.4) is 0 Å². The summed E-state index contributed by atoms with van der Waals surface area (Å²) < 4.78 is 4.98. The zero-order valence-corrected chi connectivity index (χ0v) is 11.0. The molecule has 0 saturated heterocycles. The number of hydrogen-bond acceptors (Lipinski definition) is 5. The molecule has 0 aliphatic carbocycles. The van der Waals surface area contributed by atoms with E-state index in [1.165, 1.54) is 6.20 Å². The van der Waals surface area contributed by atoms with Gasteiger partial charge in [-0.2, -0.15) is 0 Å². The SMILES string of the molecule is CCOC(=O)c1cnc(-c2ccccn2)nc1CC. The fraction of sp³-hybridized carbons (Fsp3) is 0.286. The molecule has 0 aliphatic heterocycles. The van der Waals surface area contributed by atoms with Gasteiger partial charge in [0, 0.05) is 12.4 Å². The molecule has 98 valence electrons. The van der Waals surface area contributed by atoms with Crippen molar-refractivity contribution in [2.24, 2.45) is 0 Å². The highest BCUT2D eigenvalue weighted by atomic mass is 16.5. The van der Waals surface area contributed by atoms with E-state index in [1.54, 1.807) is 13.1 Å². The van der Waals surface area contributed by atoms with Gasteiger partial charge >= 0.3 is 5.97 Å². The molecule has 0 radical (unpaired) electrons. The lowest BCUT2D eigenvalue weighted by molar-refractivity contribution is 0.0524. The van der Waals surface area contributed by atoms with Crippen LogP contribution in [0.2, 0.25) is 0 Å². The van der Waals surface area contributed by atoms with Crippen molar-refractivity contribution < 1.29 is 9.53 Å². The van der Waals surface area contributed by atoms with Crippen LogP contribution in [0, 0.1) is 0 Å². The molecule has 0 amide bonds. The maximum absolute atomic E-state index is 11.8. The number of aromatic nitrogens is 3. The van der Waals surface area contributed by atoms with Crippen molar-refractivity contribution in [1.29, 1.82) is 0 Å². The van der Waals surface area contributed by atoms with Crippen LogP contribution in [0.15, 0.2) is 30.6 Å². The first-order valence-electron chi connectivity index (χ1n) is 6.20. The largest absolute Gasteiger partial charge is 0.462 e. The van der Waals surface area contributed by atoms with Crippen molar-refractivity contribution in [2.75, 3.05) is 6.61 Å². The van der Waals surface area contributed by atoms with E-state index in [0.29, 0.717) is 35.8 Å². The van der Waals surface area contributed by atoms with Gasteiger partial charge in [0.2, 0.25) is 0 Å². The van der Waals surface area contributed by atoms with Crippen molar-refractivity contribution in [2.45, 2.75) is 20.3 Å². The maximum Gasteiger partial charge on any atom is 0.341 e. The van der Waals surface area contributed by atoms with Crippen molar-refractivity contribution in [3.05, 3.63) is 41.9 Å². The Bertz CT molecular complexity index is 570. The van der Waals surface area contributed by atoms with Gasteiger partial charge in [0.1, 0.15) is 5.69 Å². The number of pyridine rings is 1. The Morgan fingerprint density at radius 3 is 2.74 bits per heavy atom. The highest BCUT2D eigenvalue weighted by Gasteiger charge is 2.15. The van der Waals surface area contributed by atoms with Crippen LogP contribution in [0.25, 0.3) is 11.5 Å². The molecule has 2 aromatic rings. The second-order valence-corrected chi connectivity index (χ2v) is 3.84. The molecule has 2 rings (SSSR count). The summed E-state index contributed by atoms with van der Waals surface area (Å²) in [6, 6.07) is 5.53. The minimum Gasteiger partial charge on any atom is -0.462 e. The molecule has 2 heterocycles. The first-order chi connectivity index (χ1) is 9.26. The van der Waals surface area contributed by atoms with E-state index in [9.17, 15) is 4.79 Å². The minimum absolute atomic E-state index is 0.337. The van der Waals surface area contributed by atoms with E-state index in [2.05, 4.69) is 15.0 Å². The van der Waals surface area contributed by atoms with Crippen molar-refractivity contribution >= 4 is 5.97 Å². The van der Waals surface area contributed by atoms with E-state index in [1.807, 2.05) is 25.1 Å². The monoisotopic (exact) mass is 257 g/mol. The van der Waals surface area contributed by atoms with Crippen LogP contribution < -0.4 is 0 Å². The molecular weight excluding hydrogens is 242 g/mol. The predicted octanol–water partition coefficient (Wildman–Crippen LogP) is 2.28. The van der Waals surface area contributed by atoms with E-state index in [0.717, 1.165) is 0 Å². The van der Waals surface area contributed by atoms with Crippen LogP contribution in [-0.4, -0.2) is 27.5 Å². The van der Waals surface area contributed by atoms with Crippen LogP contribution in [0.1, 0.15) is 29.9 Å². The summed E-state index contributed by atoms with van der Waals surface area (Å²) in [7, 11) is 0. The maximum atomic E-state index is 11.8. The van der Waals surface area contributed by atoms with Gasteiger partial charge in [-0.15, -0.1) is 0 Å². The third-order valence-corrected chi connectivity index (χ3v) is 2.59. The third kappa shape index (κ3) is 2.93. The second kappa shape index (κ2) is 6.04. The summed E-state index contributed by atoms with van der Waals surface area (Å²) >= 11 is 0. The van der Waals surface area contributed by atoms with Gasteiger partial charge in [-0.3, -0.25) is 4.98 Å². The van der Waals surface area contributed by atoms with Crippen molar-refractivity contribution in [3.8, 4) is 11.5 Å². The average molecular weight is 257 g/mol. The first kappa shape index (κ1) is 13.1. The van der Waals surface area contributed by atoms with E-state index >= 15 is 0 Å². The van der Waals surface area contributed by atoms with Crippen LogP contribution in [-0.2, 0) is 11.2 Å². The van der Waals surface area contributed by atoms with E-state index in [-0.39, 0.29) is 5.97 Å². The molecule has 0 atom stereocenters. The minimum atomic E-state index is -0.382. The van der Waals surface area contributed by atoms with Gasteiger partial charge in [0.15, 0.2) is 5.82 Å². The van der Waals surface area contributed by atoms with E-state index in [4.69, 9.17) is 4.74 Å². The predicted molar refractivity (Wildman–Crippen MR) is 70.6 cm³/mol. The Balaban J connectivity index is 2.39. The summed E-state index contributed by atoms with van der Waals surface area (Å²) in [4.78, 5) is 24.5. The van der Waals surface area contributed by atoms with Gasteiger partial charge < -0.3 is 4.74 Å². The first-order valence-corrected chi connectivity index (χ1v) is 6.20. The normalized spacial score (nSPS) is 10.2. The number of esters is 1. The second-order valence-electron chi connectivity index (χ2n) is 3.84. The quantitative estimate of drug-likeness (QED) is 0.786. The molecule has 0 spiro atoms. The zero-order chi connectivity index (χ0) is 13.7. The van der Waals surface area contributed by atoms with Gasteiger partial charge in [-0.1, -0.05) is 13.0 Å². The summed E-state index contributed by atoms with van der Waals surface area (Å²) in [6.45, 7) is 4.05. The molecule has 0 fully saturated rings. The average Bonchev–Trinajstić information content (AvgIpc) is 2.47. The fourth-order valence-electron chi connectivity index (χ4n) is 1.68. The van der Waals surface area contributed by atoms with Crippen molar-refractivity contribution in [3.63, 3.8) is 0 Å². The lowest BCUT2D eigenvalue weighted by Crippen LogP contribution is -2.11. The number of nitrogens with zero attached hydrogens (tertiary/aromatic N) is 3. The lowest BCUT2D eigenvalue weighted by atomic mass is 10.2. The molecule has 0 aromatic carbocycles. The molecule has 19 heavy (non-hydrogen) atoms. The summed E-state index contributed by atoms with van der Waals surface area (Å²) in [5.74, 6) is 0.136. The number of aryl methyl sites for hydroxylation is 1. The standard InChI is InChI=1S/C14H15N3O2/c1-3-11-10(14(18)19-4-2)9-16-13(17-11)12-7-5-6-8-15-12/h5-9H,3-4H2,1-2H3. The van der Waals surface area contributed by atoms with E-state index < -0.39 is 0 Å². The third-order valence-electron chi connectivity index (χ3n) is 2.59. The number of rotatable bonds is 4. The van der Waals surface area contributed by atoms with Crippen LogP contribution >= 0.6 is 0 Å². The molecule has 5 heteroatoms. The number of carbonyl (C=O) groups excluding carboxylic acids is 1. The van der Waals surface area contributed by atoms with Crippen molar-refractivity contribution in [1.82, 2.24) is 15.0 Å². The zero-order valence-electron chi connectivity index (χ0n) is 11.0. The molecule has 0 aliphatic rings. The Kier molecular flexibility index (Phi) is 4.18. The highest BCUT2D eigenvalue weighted by molar-refractivity contribution is 5.90. The number of carbonyl (C=O) groups is 1. The molecule has 0 saturated carbocycles. The molecule has 0 bridgehead atoms. The number of hydrogen-bond donors (Lipinski definition) is 0. The molecule has 5 nitrogen and oxygen atoms in total. The van der Waals surface area contributed by atoms with Gasteiger partial charge in [0.05, 0.1) is 17.9 Å². The molecule has 2 aromatic heterocycles. The molecule has 0 N–H and O–H groups in total. The Hall–Kier alpha value is -2.30. The molecular formula is C14H15N3O2. The Morgan fingerprint density at radius 1 is 1.26 bits per heavy atom. The van der Waals surface area contributed by atoms with Gasteiger partial charge in [0.25, 0.3) is 0 Å². The smallest absolute Gasteiger partial charge is 0.341 e. The Morgan fingerprint density at radius 2 is 2.11 bits per heavy atom. The van der Waals surface area contributed by atoms with Crippen LogP contribution in [0.4, 0.5) is 0 Å². The summed E-state index contributed by atoms with van der Waals surface area (Å²) in [6.07, 6.45) is 3.83. The lowest BCUT2D eigenvalue weighted by Gasteiger charge is -2.07. The van der Waals surface area contributed by atoms with Gasteiger partial charge in [-0.05, 0) is 25.5 Å². The van der Waals surface area contributed by atoms with Gasteiger partial charge in [-0.25, -0.2) is 14.8 Å². The Labute approximate surface area is 111 Å². The summed E-state index contributed by atoms with van der Waals surface area (Å²) in [5.41, 5.74) is 1.78. The number of ether oxygens (including phenoxy) is 1. The summed E-state index contributed by atoms with van der Waals surface area (Å²) in [5, 5.41) is 0.